The number of hydrogen-bond acceptors (Lipinski definition) is 2. The molecule has 0 amide bonds. The van der Waals surface area contributed by atoms with Gasteiger partial charge in [0.15, 0.2) is 0 Å². The van der Waals surface area contributed by atoms with Crippen LogP contribution < -0.4 is 5.32 Å². The smallest absolute Gasteiger partial charge is 0.0749 e. The molecule has 2 heteroatoms. The Balaban J connectivity index is 2.44. The molecular weight excluding hydrogens is 244 g/mol. The lowest BCUT2D eigenvalue weighted by molar-refractivity contribution is 0.343. The Morgan fingerprint density at radius 2 is 1.80 bits per heavy atom. The topological polar surface area (TPSA) is 24.9 Å². The van der Waals surface area contributed by atoms with Gasteiger partial charge in [-0.25, -0.2) is 0 Å². The van der Waals surface area contributed by atoms with Gasteiger partial charge in [0.2, 0.25) is 0 Å². The van der Waals surface area contributed by atoms with Crippen LogP contribution in [0.3, 0.4) is 0 Å². The zero-order valence-corrected chi connectivity index (χ0v) is 12.9. The molecule has 0 aliphatic rings. The maximum Gasteiger partial charge on any atom is 0.0749 e. The molecule has 1 atom stereocenters. The number of para-hydroxylation sites is 1. The molecule has 2 rings (SSSR count). The van der Waals surface area contributed by atoms with Crippen LogP contribution in [0.1, 0.15) is 51.6 Å². The van der Waals surface area contributed by atoms with E-state index in [9.17, 15) is 0 Å². The molecule has 1 aromatic carbocycles. The lowest BCUT2D eigenvalue weighted by atomic mass is 9.87. The predicted molar refractivity (Wildman–Crippen MR) is 86.8 cm³/mol. The van der Waals surface area contributed by atoms with Gasteiger partial charge in [-0.05, 0) is 30.5 Å². The van der Waals surface area contributed by atoms with Crippen LogP contribution in [0.5, 0.6) is 0 Å². The summed E-state index contributed by atoms with van der Waals surface area (Å²) in [6, 6.07) is 11.1. The van der Waals surface area contributed by atoms with Gasteiger partial charge < -0.3 is 5.32 Å². The van der Waals surface area contributed by atoms with Crippen LogP contribution in [0.25, 0.3) is 10.9 Å². The van der Waals surface area contributed by atoms with Crippen molar-refractivity contribution in [2.24, 2.45) is 5.92 Å². The van der Waals surface area contributed by atoms with E-state index in [1.54, 1.807) is 0 Å². The molecule has 0 bridgehead atoms. The van der Waals surface area contributed by atoms with Gasteiger partial charge in [-0.2, -0.15) is 0 Å². The van der Waals surface area contributed by atoms with E-state index >= 15 is 0 Å². The number of rotatable bonds is 7. The molecule has 20 heavy (non-hydrogen) atoms. The SMILES string of the molecule is CCCNC(c1cccc2cccnc12)C(CC)CC. The van der Waals surface area contributed by atoms with Crippen molar-refractivity contribution in [3.8, 4) is 0 Å². The van der Waals surface area contributed by atoms with Crippen LogP contribution >= 0.6 is 0 Å². The van der Waals surface area contributed by atoms with Gasteiger partial charge in [0.1, 0.15) is 0 Å². The zero-order chi connectivity index (χ0) is 14.4. The fourth-order valence-corrected chi connectivity index (χ4v) is 2.97. The van der Waals surface area contributed by atoms with Crippen LogP contribution in [0.2, 0.25) is 0 Å². The van der Waals surface area contributed by atoms with E-state index in [2.05, 4.69) is 55.3 Å². The summed E-state index contributed by atoms with van der Waals surface area (Å²) < 4.78 is 0. The van der Waals surface area contributed by atoms with Crippen molar-refractivity contribution in [1.29, 1.82) is 0 Å². The number of benzene rings is 1. The second kappa shape index (κ2) is 7.39. The largest absolute Gasteiger partial charge is 0.310 e. The van der Waals surface area contributed by atoms with Crippen LogP contribution in [0, 0.1) is 5.92 Å². The molecule has 0 saturated heterocycles. The fraction of sp³-hybridized carbons (Fsp3) is 0.500. The fourth-order valence-electron chi connectivity index (χ4n) is 2.97. The quantitative estimate of drug-likeness (QED) is 0.788. The zero-order valence-electron chi connectivity index (χ0n) is 12.9. The first-order chi connectivity index (χ1) is 9.81. The third-order valence-electron chi connectivity index (χ3n) is 4.13. The van der Waals surface area contributed by atoms with Crippen molar-refractivity contribution in [2.75, 3.05) is 6.54 Å². The Hall–Kier alpha value is -1.41. The van der Waals surface area contributed by atoms with Crippen molar-refractivity contribution in [2.45, 2.75) is 46.1 Å². The van der Waals surface area contributed by atoms with E-state index in [0.29, 0.717) is 12.0 Å². The minimum Gasteiger partial charge on any atom is -0.310 e. The van der Waals surface area contributed by atoms with Gasteiger partial charge in [0, 0.05) is 17.6 Å². The third kappa shape index (κ3) is 3.18. The molecule has 0 fully saturated rings. The lowest BCUT2D eigenvalue weighted by Gasteiger charge is -2.27. The highest BCUT2D eigenvalue weighted by Crippen LogP contribution is 2.31. The first kappa shape index (κ1) is 15.0. The summed E-state index contributed by atoms with van der Waals surface area (Å²) in [7, 11) is 0. The van der Waals surface area contributed by atoms with Crippen molar-refractivity contribution in [1.82, 2.24) is 10.3 Å². The molecule has 1 aromatic heterocycles. The van der Waals surface area contributed by atoms with Crippen LogP contribution in [0.15, 0.2) is 36.5 Å². The normalized spacial score (nSPS) is 13.0. The Kier molecular flexibility index (Phi) is 5.54. The minimum absolute atomic E-state index is 0.406. The van der Waals surface area contributed by atoms with Gasteiger partial charge in [-0.3, -0.25) is 4.98 Å². The Morgan fingerprint density at radius 3 is 2.50 bits per heavy atom. The van der Waals surface area contributed by atoms with Crippen molar-refractivity contribution >= 4 is 10.9 Å². The van der Waals surface area contributed by atoms with E-state index in [1.807, 2.05) is 12.3 Å². The first-order valence-corrected chi connectivity index (χ1v) is 7.88. The van der Waals surface area contributed by atoms with Gasteiger partial charge in [-0.15, -0.1) is 0 Å². The summed E-state index contributed by atoms with van der Waals surface area (Å²) in [5.41, 5.74) is 2.50. The van der Waals surface area contributed by atoms with Crippen molar-refractivity contribution in [3.63, 3.8) is 0 Å². The number of pyridine rings is 1. The highest BCUT2D eigenvalue weighted by atomic mass is 14.9. The summed E-state index contributed by atoms with van der Waals surface area (Å²) in [5, 5.41) is 4.98. The summed E-state index contributed by atoms with van der Waals surface area (Å²) >= 11 is 0. The number of nitrogens with zero attached hydrogens (tertiary/aromatic N) is 1. The molecule has 2 nitrogen and oxygen atoms in total. The Morgan fingerprint density at radius 1 is 1.05 bits per heavy atom. The minimum atomic E-state index is 0.406. The number of fused-ring (bicyclic) bond motifs is 1. The number of nitrogens with one attached hydrogen (secondary N) is 1. The molecule has 2 aromatic rings. The van der Waals surface area contributed by atoms with Crippen LogP contribution in [-0.2, 0) is 0 Å². The molecule has 0 saturated carbocycles. The van der Waals surface area contributed by atoms with E-state index in [-0.39, 0.29) is 0 Å². The van der Waals surface area contributed by atoms with E-state index in [0.717, 1.165) is 18.5 Å². The van der Waals surface area contributed by atoms with Crippen LogP contribution in [-0.4, -0.2) is 11.5 Å². The Labute approximate surface area is 122 Å². The number of aromatic nitrogens is 1. The highest BCUT2D eigenvalue weighted by Gasteiger charge is 2.21. The molecule has 0 spiro atoms. The first-order valence-electron chi connectivity index (χ1n) is 7.88. The lowest BCUT2D eigenvalue weighted by Crippen LogP contribution is -2.29. The maximum atomic E-state index is 4.62. The molecule has 0 aliphatic carbocycles. The summed E-state index contributed by atoms with van der Waals surface area (Å²) in [4.78, 5) is 4.62. The average Bonchev–Trinajstić information content (AvgIpc) is 2.51. The predicted octanol–water partition coefficient (Wildman–Crippen LogP) is 4.71. The third-order valence-corrected chi connectivity index (χ3v) is 4.13. The second-order valence-electron chi connectivity index (χ2n) is 5.43. The van der Waals surface area contributed by atoms with Crippen molar-refractivity contribution < 1.29 is 0 Å². The monoisotopic (exact) mass is 270 g/mol. The van der Waals surface area contributed by atoms with E-state index < -0.39 is 0 Å². The van der Waals surface area contributed by atoms with Crippen molar-refractivity contribution in [3.05, 3.63) is 42.1 Å². The number of hydrogen-bond donors (Lipinski definition) is 1. The molecule has 1 N–H and O–H groups in total. The molecule has 1 heterocycles. The standard InChI is InChI=1S/C18H26N2/c1-4-12-19-17(14(5-2)6-3)16-11-7-9-15-10-8-13-20-18(15)16/h7-11,13-14,17,19H,4-6,12H2,1-3H3. The average molecular weight is 270 g/mol. The highest BCUT2D eigenvalue weighted by molar-refractivity contribution is 5.82. The summed E-state index contributed by atoms with van der Waals surface area (Å²) in [6.45, 7) is 7.85. The maximum absolute atomic E-state index is 4.62. The van der Waals surface area contributed by atoms with Gasteiger partial charge in [0.25, 0.3) is 0 Å². The van der Waals surface area contributed by atoms with Crippen LogP contribution in [0.4, 0.5) is 0 Å². The molecule has 1 unspecified atom stereocenters. The molecule has 0 radical (unpaired) electrons. The van der Waals surface area contributed by atoms with Gasteiger partial charge in [0.05, 0.1) is 5.52 Å². The molecule has 108 valence electrons. The second-order valence-corrected chi connectivity index (χ2v) is 5.43. The van der Waals surface area contributed by atoms with E-state index in [4.69, 9.17) is 0 Å². The molecular formula is C18H26N2. The summed E-state index contributed by atoms with van der Waals surface area (Å²) in [5.74, 6) is 0.661. The Bertz CT molecular complexity index is 526. The summed E-state index contributed by atoms with van der Waals surface area (Å²) in [6.07, 6.45) is 5.45. The van der Waals surface area contributed by atoms with Gasteiger partial charge in [-0.1, -0.05) is 57.9 Å². The van der Waals surface area contributed by atoms with E-state index in [1.165, 1.54) is 23.8 Å². The molecule has 0 aliphatic heterocycles. The van der Waals surface area contributed by atoms with Gasteiger partial charge >= 0.3 is 0 Å².